The van der Waals surface area contributed by atoms with Gasteiger partial charge in [-0.2, -0.15) is 28.1 Å². The summed E-state index contributed by atoms with van der Waals surface area (Å²) in [5.74, 6) is -1.20. The minimum absolute atomic E-state index is 0.107. The van der Waals surface area contributed by atoms with E-state index in [1.54, 1.807) is 0 Å². The molecule has 0 radical (unpaired) electrons. The number of aryl methyl sites for hydroxylation is 1. The Balaban J connectivity index is 1.59. The van der Waals surface area contributed by atoms with E-state index in [-0.39, 0.29) is 30.4 Å². The SMILES string of the molecule is O=C(N[C@H]1CCn2nc(-c3ccnc(C(F)(F)F)c3)cc21)c1cn(C(F)(F)F)nc1C(F)F. The average molecular weight is 480 g/mol. The topological polar surface area (TPSA) is 77.6 Å². The number of hydrogen-bond donors (Lipinski definition) is 1. The quantitative estimate of drug-likeness (QED) is 0.560. The number of carbonyl (C=O) groups is 1. The smallest absolute Gasteiger partial charge is 0.343 e. The number of fused-ring (bicyclic) bond motifs is 1. The predicted octanol–water partition coefficient (Wildman–Crippen LogP) is 4.45. The molecule has 1 aliphatic heterocycles. The molecule has 1 N–H and O–H groups in total. The van der Waals surface area contributed by atoms with Crippen LogP contribution in [0.5, 0.6) is 0 Å². The second kappa shape index (κ2) is 7.81. The fraction of sp³-hybridized carbons (Fsp3) is 0.333. The third kappa shape index (κ3) is 4.39. The van der Waals surface area contributed by atoms with Crippen LogP contribution in [0.1, 0.15) is 46.3 Å². The van der Waals surface area contributed by atoms with Crippen molar-refractivity contribution < 1.29 is 39.9 Å². The minimum Gasteiger partial charge on any atom is -0.343 e. The van der Waals surface area contributed by atoms with Gasteiger partial charge in [-0.15, -0.1) is 13.2 Å². The number of rotatable bonds is 4. The van der Waals surface area contributed by atoms with Crippen LogP contribution in [0, 0.1) is 0 Å². The summed E-state index contributed by atoms with van der Waals surface area (Å²) in [4.78, 5) is 15.7. The van der Waals surface area contributed by atoms with Crippen molar-refractivity contribution in [1.29, 1.82) is 0 Å². The second-order valence-corrected chi connectivity index (χ2v) is 7.06. The number of carbonyl (C=O) groups excluding carboxylic acids is 1. The molecule has 0 fully saturated rings. The zero-order chi connectivity index (χ0) is 24.1. The molecule has 33 heavy (non-hydrogen) atoms. The molecule has 4 rings (SSSR count). The fourth-order valence-electron chi connectivity index (χ4n) is 3.41. The largest absolute Gasteiger partial charge is 0.504 e. The van der Waals surface area contributed by atoms with E-state index in [0.29, 0.717) is 5.69 Å². The molecule has 15 heteroatoms. The number of halogens is 8. The van der Waals surface area contributed by atoms with Crippen LogP contribution >= 0.6 is 0 Å². The lowest BCUT2D eigenvalue weighted by atomic mass is 10.1. The lowest BCUT2D eigenvalue weighted by Crippen LogP contribution is -2.27. The fourth-order valence-corrected chi connectivity index (χ4v) is 3.41. The average Bonchev–Trinajstić information content (AvgIpc) is 3.42. The summed E-state index contributed by atoms with van der Waals surface area (Å²) in [7, 11) is 0. The molecule has 0 spiro atoms. The highest BCUT2D eigenvalue weighted by atomic mass is 19.4. The standard InChI is InChI=1S/C18H12F8N6O/c19-15(20)14-9(7-32(30-14)18(24,25)26)16(33)28-10-2-4-31-12(10)6-11(29-31)8-1-3-27-13(5-8)17(21,22)23/h1,3,5-7,10,15H,2,4H2,(H,28,33)/t10-/m0/s1. The Morgan fingerprint density at radius 1 is 1.12 bits per heavy atom. The zero-order valence-corrected chi connectivity index (χ0v) is 16.1. The summed E-state index contributed by atoms with van der Waals surface area (Å²) in [6.07, 6.45) is -11.8. The highest BCUT2D eigenvalue weighted by Gasteiger charge is 2.37. The van der Waals surface area contributed by atoms with E-state index in [4.69, 9.17) is 0 Å². The Hall–Kier alpha value is -3.52. The highest BCUT2D eigenvalue weighted by molar-refractivity contribution is 5.95. The van der Waals surface area contributed by atoms with Gasteiger partial charge < -0.3 is 5.32 Å². The molecule has 0 saturated carbocycles. The Morgan fingerprint density at radius 2 is 1.85 bits per heavy atom. The van der Waals surface area contributed by atoms with Crippen LogP contribution in [-0.2, 0) is 19.0 Å². The molecule has 7 nitrogen and oxygen atoms in total. The Labute approximate surface area is 179 Å². The number of aromatic nitrogens is 5. The van der Waals surface area contributed by atoms with E-state index >= 15 is 0 Å². The molecular weight excluding hydrogens is 468 g/mol. The monoisotopic (exact) mass is 480 g/mol. The molecule has 1 aliphatic rings. The van der Waals surface area contributed by atoms with Gasteiger partial charge in [-0.25, -0.2) is 8.78 Å². The number of amides is 1. The predicted molar refractivity (Wildman–Crippen MR) is 93.8 cm³/mol. The Morgan fingerprint density at radius 3 is 2.48 bits per heavy atom. The lowest BCUT2D eigenvalue weighted by Gasteiger charge is -2.12. The van der Waals surface area contributed by atoms with Gasteiger partial charge in [-0.1, -0.05) is 0 Å². The molecular formula is C18H12F8N6O. The second-order valence-electron chi connectivity index (χ2n) is 7.06. The number of nitrogens with zero attached hydrogens (tertiary/aromatic N) is 5. The van der Waals surface area contributed by atoms with Gasteiger partial charge in [0.2, 0.25) is 0 Å². The van der Waals surface area contributed by atoms with E-state index in [1.165, 1.54) is 16.8 Å². The summed E-state index contributed by atoms with van der Waals surface area (Å²) in [5.41, 5.74) is -2.78. The Kier molecular flexibility index (Phi) is 5.36. The van der Waals surface area contributed by atoms with Crippen LogP contribution in [0.15, 0.2) is 30.6 Å². The number of alkyl halides is 8. The van der Waals surface area contributed by atoms with Gasteiger partial charge in [0, 0.05) is 24.5 Å². The van der Waals surface area contributed by atoms with E-state index in [0.717, 1.165) is 12.3 Å². The van der Waals surface area contributed by atoms with Crippen molar-refractivity contribution in [3.8, 4) is 11.3 Å². The molecule has 0 saturated heterocycles. The maximum Gasteiger partial charge on any atom is 0.504 e. The van der Waals surface area contributed by atoms with Gasteiger partial charge in [-0.05, 0) is 24.6 Å². The molecule has 0 bridgehead atoms. The normalized spacial score (nSPS) is 16.3. The molecule has 4 heterocycles. The van der Waals surface area contributed by atoms with Crippen molar-refractivity contribution in [3.05, 3.63) is 53.2 Å². The molecule has 1 amide bonds. The molecule has 3 aromatic rings. The van der Waals surface area contributed by atoms with E-state index in [2.05, 4.69) is 20.5 Å². The lowest BCUT2D eigenvalue weighted by molar-refractivity contribution is -0.212. The maximum atomic E-state index is 13.1. The van der Waals surface area contributed by atoms with Crippen LogP contribution in [-0.4, -0.2) is 30.5 Å². The molecule has 0 unspecified atom stereocenters. The van der Waals surface area contributed by atoms with Crippen LogP contribution in [0.4, 0.5) is 35.1 Å². The van der Waals surface area contributed by atoms with Gasteiger partial charge in [0.1, 0.15) is 11.4 Å². The zero-order valence-electron chi connectivity index (χ0n) is 16.1. The first-order valence-electron chi connectivity index (χ1n) is 9.21. The summed E-state index contributed by atoms with van der Waals surface area (Å²) in [5, 5.41) is 9.31. The molecule has 1 atom stereocenters. The van der Waals surface area contributed by atoms with Gasteiger partial charge in [0.15, 0.2) is 0 Å². The van der Waals surface area contributed by atoms with Crippen molar-refractivity contribution in [1.82, 2.24) is 29.9 Å². The summed E-state index contributed by atoms with van der Waals surface area (Å²) in [6.45, 7) is 0.237. The third-order valence-corrected chi connectivity index (χ3v) is 4.90. The first-order valence-corrected chi connectivity index (χ1v) is 9.21. The van der Waals surface area contributed by atoms with E-state index in [9.17, 15) is 39.9 Å². The number of nitrogens with one attached hydrogen (secondary N) is 1. The Bertz CT molecular complexity index is 1200. The van der Waals surface area contributed by atoms with Crippen molar-refractivity contribution in [2.75, 3.05) is 0 Å². The minimum atomic E-state index is -5.09. The van der Waals surface area contributed by atoms with Gasteiger partial charge >= 0.3 is 12.5 Å². The van der Waals surface area contributed by atoms with Crippen LogP contribution in [0.3, 0.4) is 0 Å². The van der Waals surface area contributed by atoms with Crippen LogP contribution in [0.25, 0.3) is 11.3 Å². The molecule has 3 aromatic heterocycles. The van der Waals surface area contributed by atoms with E-state index < -0.39 is 52.5 Å². The van der Waals surface area contributed by atoms with Gasteiger partial charge in [0.25, 0.3) is 12.3 Å². The first-order chi connectivity index (χ1) is 15.3. The maximum absolute atomic E-state index is 13.1. The summed E-state index contributed by atoms with van der Waals surface area (Å²) in [6, 6.07) is 2.69. The summed E-state index contributed by atoms with van der Waals surface area (Å²) < 4.78 is 104. The van der Waals surface area contributed by atoms with Crippen LogP contribution in [0.2, 0.25) is 0 Å². The van der Waals surface area contributed by atoms with Gasteiger partial charge in [0.05, 0.1) is 23.0 Å². The van der Waals surface area contributed by atoms with Crippen molar-refractivity contribution in [2.24, 2.45) is 0 Å². The van der Waals surface area contributed by atoms with Crippen molar-refractivity contribution >= 4 is 5.91 Å². The molecule has 0 aliphatic carbocycles. The van der Waals surface area contributed by atoms with Crippen LogP contribution < -0.4 is 5.32 Å². The van der Waals surface area contributed by atoms with Gasteiger partial charge in [-0.3, -0.25) is 14.5 Å². The molecule has 176 valence electrons. The van der Waals surface area contributed by atoms with Crippen molar-refractivity contribution in [3.63, 3.8) is 0 Å². The molecule has 0 aromatic carbocycles. The number of pyridine rings is 1. The van der Waals surface area contributed by atoms with E-state index in [1.807, 2.05) is 0 Å². The highest BCUT2D eigenvalue weighted by Crippen LogP contribution is 2.34. The third-order valence-electron chi connectivity index (χ3n) is 4.90. The first kappa shape index (κ1) is 22.7. The summed E-state index contributed by atoms with van der Waals surface area (Å²) >= 11 is 0. The van der Waals surface area contributed by atoms with Crippen molar-refractivity contribution in [2.45, 2.75) is 37.9 Å². The number of hydrogen-bond acceptors (Lipinski definition) is 4.